The highest BCUT2D eigenvalue weighted by Crippen LogP contribution is 2.36. The topological polar surface area (TPSA) is 0 Å². The molecule has 0 amide bonds. The Bertz CT molecular complexity index is 731. The predicted octanol–water partition coefficient (Wildman–Crippen LogP) is 4.64. The molecule has 0 saturated heterocycles. The molecule has 0 saturated carbocycles. The molecule has 0 N–H and O–H groups in total. The van der Waals surface area contributed by atoms with Gasteiger partial charge in [-0.15, -0.1) is 0 Å². The Balaban J connectivity index is 1.94. The van der Waals surface area contributed by atoms with Gasteiger partial charge >= 0.3 is 0 Å². The monoisotopic (exact) mass is 318 g/mol. The van der Waals surface area contributed by atoms with Crippen LogP contribution in [-0.4, -0.2) is 9.52 Å². The van der Waals surface area contributed by atoms with Gasteiger partial charge in [-0.05, 0) is 43.4 Å². The lowest BCUT2D eigenvalue weighted by atomic mass is 9.95. The molecule has 2 aromatic rings. The van der Waals surface area contributed by atoms with Crippen LogP contribution in [0.2, 0.25) is 0 Å². The predicted molar refractivity (Wildman–Crippen MR) is 105 cm³/mol. The van der Waals surface area contributed by atoms with E-state index in [4.69, 9.17) is 0 Å². The third-order valence-corrected chi connectivity index (χ3v) is 6.62. The molecule has 1 aliphatic rings. The average Bonchev–Trinajstić information content (AvgIpc) is 2.91. The van der Waals surface area contributed by atoms with E-state index in [1.807, 2.05) is 0 Å². The summed E-state index contributed by atoms with van der Waals surface area (Å²) in [7, 11) is -0.331. The molecule has 1 heteroatoms. The van der Waals surface area contributed by atoms with Gasteiger partial charge in [0.2, 0.25) is 0 Å². The SMILES string of the molecule is CCCC1=C([SiH2]c2ccccc2)CC=C1c1cc(C)cc(C)c1. The highest BCUT2D eigenvalue weighted by molar-refractivity contribution is 6.61. The van der Waals surface area contributed by atoms with E-state index in [0.717, 1.165) is 0 Å². The van der Waals surface area contributed by atoms with Crippen molar-refractivity contribution in [2.45, 2.75) is 40.0 Å². The molecule has 2 aromatic carbocycles. The standard InChI is InChI=1S/C22H26Si/c1-4-8-21-20(18-14-16(2)13-17(3)15-18)11-12-22(21)23-19-9-6-5-7-10-19/h5-7,9-11,13-15H,4,8,12,23H2,1-3H3. The van der Waals surface area contributed by atoms with Crippen molar-refractivity contribution in [1.29, 1.82) is 0 Å². The lowest BCUT2D eigenvalue weighted by Gasteiger charge is -2.13. The molecule has 0 atom stereocenters. The third kappa shape index (κ3) is 3.73. The number of allylic oxidation sites excluding steroid dienone is 4. The molecule has 0 fully saturated rings. The summed E-state index contributed by atoms with van der Waals surface area (Å²) in [4.78, 5) is 0. The van der Waals surface area contributed by atoms with Gasteiger partial charge in [0, 0.05) is 0 Å². The van der Waals surface area contributed by atoms with Crippen molar-refractivity contribution in [3.8, 4) is 0 Å². The molecule has 118 valence electrons. The second kappa shape index (κ2) is 7.14. The van der Waals surface area contributed by atoms with Gasteiger partial charge in [-0.2, -0.15) is 0 Å². The molecule has 23 heavy (non-hydrogen) atoms. The van der Waals surface area contributed by atoms with E-state index in [9.17, 15) is 0 Å². The zero-order chi connectivity index (χ0) is 16.2. The first kappa shape index (κ1) is 16.0. The molecule has 0 heterocycles. The van der Waals surface area contributed by atoms with E-state index < -0.39 is 0 Å². The first-order chi connectivity index (χ1) is 11.2. The summed E-state index contributed by atoms with van der Waals surface area (Å²) in [5.74, 6) is 0. The molecular weight excluding hydrogens is 292 g/mol. The van der Waals surface area contributed by atoms with E-state index in [-0.39, 0.29) is 9.52 Å². The van der Waals surface area contributed by atoms with Gasteiger partial charge in [0.15, 0.2) is 0 Å². The fourth-order valence-corrected chi connectivity index (χ4v) is 5.54. The fraction of sp³-hybridized carbons (Fsp3) is 0.273. The van der Waals surface area contributed by atoms with Gasteiger partial charge in [0.05, 0.1) is 9.52 Å². The second-order valence-corrected chi connectivity index (χ2v) is 8.72. The molecule has 1 aliphatic carbocycles. The van der Waals surface area contributed by atoms with Gasteiger partial charge in [-0.25, -0.2) is 0 Å². The molecule has 3 rings (SSSR count). The van der Waals surface area contributed by atoms with Gasteiger partial charge in [-0.1, -0.05) is 89.5 Å². The van der Waals surface area contributed by atoms with Crippen LogP contribution in [0.15, 0.2) is 65.4 Å². The van der Waals surface area contributed by atoms with Crippen LogP contribution in [0.1, 0.15) is 42.9 Å². The summed E-state index contributed by atoms with van der Waals surface area (Å²) in [5, 5.41) is 3.30. The van der Waals surface area contributed by atoms with E-state index in [1.165, 1.54) is 41.5 Å². The van der Waals surface area contributed by atoms with Crippen LogP contribution in [0, 0.1) is 13.8 Å². The van der Waals surface area contributed by atoms with Gasteiger partial charge in [0.25, 0.3) is 0 Å². The molecule has 0 aliphatic heterocycles. The third-order valence-electron chi connectivity index (χ3n) is 4.60. The van der Waals surface area contributed by atoms with Crippen molar-refractivity contribution in [3.05, 3.63) is 82.1 Å². The van der Waals surface area contributed by atoms with Crippen LogP contribution in [-0.2, 0) is 0 Å². The highest BCUT2D eigenvalue weighted by atomic mass is 28.2. The zero-order valence-corrected chi connectivity index (χ0v) is 15.9. The van der Waals surface area contributed by atoms with Crippen molar-refractivity contribution in [2.75, 3.05) is 0 Å². The van der Waals surface area contributed by atoms with E-state index in [0.29, 0.717) is 0 Å². The Labute approximate surface area is 142 Å². The summed E-state index contributed by atoms with van der Waals surface area (Å²) >= 11 is 0. The lowest BCUT2D eigenvalue weighted by Crippen LogP contribution is -2.16. The van der Waals surface area contributed by atoms with Crippen molar-refractivity contribution >= 4 is 20.3 Å². The minimum Gasteiger partial charge on any atom is -0.0752 e. The highest BCUT2D eigenvalue weighted by Gasteiger charge is 2.19. The Morgan fingerprint density at radius 3 is 2.30 bits per heavy atom. The normalized spacial score (nSPS) is 14.8. The summed E-state index contributed by atoms with van der Waals surface area (Å²) in [6, 6.07) is 18.0. The minimum absolute atomic E-state index is 0.331. The van der Waals surface area contributed by atoms with Crippen molar-refractivity contribution in [3.63, 3.8) is 0 Å². The van der Waals surface area contributed by atoms with E-state index in [1.54, 1.807) is 16.0 Å². The zero-order valence-electron chi connectivity index (χ0n) is 14.5. The van der Waals surface area contributed by atoms with Crippen molar-refractivity contribution < 1.29 is 0 Å². The molecule has 0 aromatic heterocycles. The fourth-order valence-electron chi connectivity index (χ4n) is 3.67. The number of benzene rings is 2. The Kier molecular flexibility index (Phi) is 4.97. The molecule has 0 unspecified atom stereocenters. The maximum atomic E-state index is 2.48. The Morgan fingerprint density at radius 2 is 1.65 bits per heavy atom. The average molecular weight is 319 g/mol. The molecular formula is C22H26Si. The molecule has 0 bridgehead atoms. The van der Waals surface area contributed by atoms with Crippen LogP contribution in [0.3, 0.4) is 0 Å². The van der Waals surface area contributed by atoms with Crippen molar-refractivity contribution in [1.82, 2.24) is 0 Å². The van der Waals surface area contributed by atoms with Crippen LogP contribution < -0.4 is 5.19 Å². The number of hydrogen-bond donors (Lipinski definition) is 0. The van der Waals surface area contributed by atoms with Gasteiger partial charge in [-0.3, -0.25) is 0 Å². The molecule has 0 nitrogen and oxygen atoms in total. The first-order valence-corrected chi connectivity index (χ1v) is 10.1. The second-order valence-electron chi connectivity index (χ2n) is 6.69. The maximum absolute atomic E-state index is 2.48. The van der Waals surface area contributed by atoms with Crippen LogP contribution >= 0.6 is 0 Å². The van der Waals surface area contributed by atoms with Gasteiger partial charge in [0.1, 0.15) is 0 Å². The van der Waals surface area contributed by atoms with Gasteiger partial charge < -0.3 is 0 Å². The van der Waals surface area contributed by atoms with Crippen LogP contribution in [0.5, 0.6) is 0 Å². The van der Waals surface area contributed by atoms with Crippen LogP contribution in [0.4, 0.5) is 0 Å². The minimum atomic E-state index is -0.331. The first-order valence-electron chi connectivity index (χ1n) is 8.71. The Morgan fingerprint density at radius 1 is 0.957 bits per heavy atom. The molecule has 0 radical (unpaired) electrons. The maximum Gasteiger partial charge on any atom is 0.0832 e. The van der Waals surface area contributed by atoms with E-state index >= 15 is 0 Å². The molecule has 0 spiro atoms. The van der Waals surface area contributed by atoms with Crippen molar-refractivity contribution in [2.24, 2.45) is 0 Å². The summed E-state index contributed by atoms with van der Waals surface area (Å²) < 4.78 is 0. The van der Waals surface area contributed by atoms with E-state index in [2.05, 4.69) is 75.4 Å². The Hall–Kier alpha value is -1.86. The largest absolute Gasteiger partial charge is 0.0832 e. The summed E-state index contributed by atoms with van der Waals surface area (Å²) in [6.45, 7) is 6.70. The lowest BCUT2D eigenvalue weighted by molar-refractivity contribution is 0.928. The quantitative estimate of drug-likeness (QED) is 0.705. The summed E-state index contributed by atoms with van der Waals surface area (Å²) in [6.07, 6.45) is 6.08. The smallest absolute Gasteiger partial charge is 0.0752 e. The summed E-state index contributed by atoms with van der Waals surface area (Å²) in [5.41, 5.74) is 7.31. The number of hydrogen-bond acceptors (Lipinski definition) is 0. The number of aryl methyl sites for hydroxylation is 2. The number of rotatable bonds is 5. The van der Waals surface area contributed by atoms with Crippen LogP contribution in [0.25, 0.3) is 5.57 Å².